The van der Waals surface area contributed by atoms with E-state index in [1.807, 2.05) is 0 Å². The minimum absolute atomic E-state index is 0. The first-order valence-corrected chi connectivity index (χ1v) is 9.25. The van der Waals surface area contributed by atoms with E-state index in [1.165, 1.54) is 37.4 Å². The van der Waals surface area contributed by atoms with Crippen molar-refractivity contribution in [3.63, 3.8) is 0 Å². The Hall–Kier alpha value is -2.41. The molecule has 0 bridgehead atoms. The molecule has 11 nitrogen and oxygen atoms in total. The molecule has 0 spiro atoms. The molecule has 150 valence electrons. The molecular weight excluding hydrogens is 415 g/mol. The van der Waals surface area contributed by atoms with Gasteiger partial charge >= 0.3 is 45.8 Å². The van der Waals surface area contributed by atoms with Gasteiger partial charge < -0.3 is 19.0 Å². The van der Waals surface area contributed by atoms with E-state index < -0.39 is 22.3 Å². The van der Waals surface area contributed by atoms with E-state index in [4.69, 9.17) is 13.7 Å². The van der Waals surface area contributed by atoms with Crippen LogP contribution in [0.2, 0.25) is 0 Å². The van der Waals surface area contributed by atoms with E-state index in [9.17, 15) is 18.0 Å². The smallest absolute Gasteiger partial charge is 0.481 e. The van der Waals surface area contributed by atoms with Crippen LogP contribution in [-0.2, 0) is 15.0 Å². The molecule has 0 saturated carbocycles. The molecule has 2 rings (SSSR count). The molecular formula is C16H17N4NaO7S. The maximum Gasteiger partial charge on any atom is 1.00 e. The normalized spacial score (nSPS) is 10.3. The van der Waals surface area contributed by atoms with Crippen LogP contribution >= 0.6 is 0 Å². The van der Waals surface area contributed by atoms with Gasteiger partial charge in [0.25, 0.3) is 0 Å². The number of nitrogens with one attached hydrogen (secondary N) is 1. The average molecular weight is 432 g/mol. The second kappa shape index (κ2) is 11.0. The van der Waals surface area contributed by atoms with Crippen LogP contribution in [0.5, 0.6) is 11.6 Å². The van der Waals surface area contributed by atoms with E-state index in [1.54, 1.807) is 13.8 Å². The summed E-state index contributed by atoms with van der Waals surface area (Å²) < 4.78 is 41.6. The first-order chi connectivity index (χ1) is 13.2. The number of urea groups is 1. The standard InChI is InChI=1S/C16H18N4O7S.Na/c1-4-26-14(21)11-7-5-6-8-12(11)27-28(23,24)20-16(22)19-15-17-10(2)9-13(18-15)25-3;/h5-9H,4H2,1-3H3,(H2,17,18,19,20,22);/q;+1/p-1. The molecule has 1 aromatic heterocycles. The van der Waals surface area contributed by atoms with Crippen molar-refractivity contribution in [1.82, 2.24) is 9.97 Å². The van der Waals surface area contributed by atoms with Gasteiger partial charge in [-0.25, -0.2) is 9.78 Å². The first kappa shape index (κ1) is 24.6. The number of hydrogen-bond donors (Lipinski definition) is 1. The Morgan fingerprint density at radius 2 is 1.90 bits per heavy atom. The van der Waals surface area contributed by atoms with Crippen molar-refractivity contribution < 1.29 is 61.2 Å². The summed E-state index contributed by atoms with van der Waals surface area (Å²) in [7, 11) is -3.36. The predicted octanol–water partition coefficient (Wildman–Crippen LogP) is -0.796. The molecule has 0 unspecified atom stereocenters. The maximum absolute atomic E-state index is 12.1. The quantitative estimate of drug-likeness (QED) is 0.439. The van der Waals surface area contributed by atoms with Crippen molar-refractivity contribution in [1.29, 1.82) is 0 Å². The molecule has 29 heavy (non-hydrogen) atoms. The Balaban J connectivity index is 0.00000420. The number of anilines is 1. The third kappa shape index (κ3) is 7.49. The summed E-state index contributed by atoms with van der Waals surface area (Å²) in [5.74, 6) is -1.14. The van der Waals surface area contributed by atoms with Crippen LogP contribution < -0.4 is 43.8 Å². The number of benzene rings is 1. The molecule has 1 N–H and O–H groups in total. The predicted molar refractivity (Wildman–Crippen MR) is 97.6 cm³/mol. The van der Waals surface area contributed by atoms with E-state index in [-0.39, 0.29) is 59.3 Å². The number of carbonyl (C=O) groups excluding carboxylic acids is 2. The fourth-order valence-electron chi connectivity index (χ4n) is 1.97. The minimum atomic E-state index is -4.73. The van der Waals surface area contributed by atoms with Gasteiger partial charge in [-0.1, -0.05) is 12.1 Å². The van der Waals surface area contributed by atoms with E-state index >= 15 is 0 Å². The Labute approximate surface area is 189 Å². The zero-order valence-corrected chi connectivity index (χ0v) is 19.0. The zero-order chi connectivity index (χ0) is 20.7. The van der Waals surface area contributed by atoms with Gasteiger partial charge in [0.15, 0.2) is 11.8 Å². The number of carbonyl (C=O) groups is 2. The SMILES string of the molecule is CCOC(=O)c1ccccc1OS(=O)(=O)[N-]C(=O)Nc1nc(C)cc(OC)n1.[Na+]. The van der Waals surface area contributed by atoms with Crippen molar-refractivity contribution in [3.8, 4) is 11.6 Å². The Kier molecular flexibility index (Phi) is 9.30. The van der Waals surface area contributed by atoms with Gasteiger partial charge in [-0.15, -0.1) is 0 Å². The second-order valence-corrected chi connectivity index (χ2v) is 6.33. The van der Waals surface area contributed by atoms with Crippen molar-refractivity contribution in [3.05, 3.63) is 46.3 Å². The van der Waals surface area contributed by atoms with Crippen molar-refractivity contribution in [2.24, 2.45) is 0 Å². The van der Waals surface area contributed by atoms with Crippen LogP contribution in [0.3, 0.4) is 0 Å². The summed E-state index contributed by atoms with van der Waals surface area (Å²) >= 11 is 0. The summed E-state index contributed by atoms with van der Waals surface area (Å²) in [5.41, 5.74) is 0.347. The number of aromatic nitrogens is 2. The Bertz CT molecular complexity index is 985. The number of nitrogens with zero attached hydrogens (tertiary/aromatic N) is 3. The fraction of sp³-hybridized carbons (Fsp3) is 0.250. The number of rotatable bonds is 7. The molecule has 0 aliphatic heterocycles. The van der Waals surface area contributed by atoms with Gasteiger partial charge in [0, 0.05) is 11.8 Å². The summed E-state index contributed by atoms with van der Waals surface area (Å²) in [6.45, 7) is 3.32. The number of amides is 2. The monoisotopic (exact) mass is 432 g/mol. The molecule has 0 aliphatic carbocycles. The van der Waals surface area contributed by atoms with Crippen LogP contribution in [0.4, 0.5) is 10.7 Å². The van der Waals surface area contributed by atoms with E-state index in [0.29, 0.717) is 5.69 Å². The number of esters is 1. The molecule has 2 amide bonds. The van der Waals surface area contributed by atoms with Gasteiger partial charge in [0.1, 0.15) is 11.5 Å². The van der Waals surface area contributed by atoms with Crippen LogP contribution in [0.1, 0.15) is 23.0 Å². The maximum atomic E-state index is 12.1. The molecule has 1 heterocycles. The third-order valence-corrected chi connectivity index (χ3v) is 3.81. The first-order valence-electron chi connectivity index (χ1n) is 7.88. The topological polar surface area (TPSA) is 148 Å². The summed E-state index contributed by atoms with van der Waals surface area (Å²) in [4.78, 5) is 31.5. The third-order valence-electron chi connectivity index (χ3n) is 3.03. The van der Waals surface area contributed by atoms with Gasteiger partial charge in [-0.2, -0.15) is 13.4 Å². The van der Waals surface area contributed by atoms with Gasteiger partial charge in [0.05, 0.1) is 13.7 Å². The van der Waals surface area contributed by atoms with Crippen LogP contribution in [0, 0.1) is 6.92 Å². The Morgan fingerprint density at radius 3 is 2.55 bits per heavy atom. The zero-order valence-electron chi connectivity index (χ0n) is 16.2. The molecule has 2 aromatic rings. The second-order valence-electron chi connectivity index (χ2n) is 5.12. The van der Waals surface area contributed by atoms with E-state index in [0.717, 1.165) is 0 Å². The Morgan fingerprint density at radius 1 is 1.21 bits per heavy atom. The average Bonchev–Trinajstić information content (AvgIpc) is 2.60. The summed E-state index contributed by atoms with van der Waals surface area (Å²) in [6, 6.07) is 5.71. The number of methoxy groups -OCH3 is 1. The molecule has 1 aromatic carbocycles. The van der Waals surface area contributed by atoms with Crippen LogP contribution in [-0.4, -0.2) is 44.1 Å². The number of hydrogen-bond acceptors (Lipinski definition) is 9. The van der Waals surface area contributed by atoms with Crippen molar-refractivity contribution >= 4 is 28.3 Å². The van der Waals surface area contributed by atoms with Crippen LogP contribution in [0.15, 0.2) is 30.3 Å². The van der Waals surface area contributed by atoms with E-state index in [2.05, 4.69) is 20.0 Å². The molecule has 0 fully saturated rings. The molecule has 13 heteroatoms. The van der Waals surface area contributed by atoms with Gasteiger partial charge in [0.2, 0.25) is 5.88 Å². The molecule has 0 atom stereocenters. The summed E-state index contributed by atoms with van der Waals surface area (Å²) in [5, 5.41) is 2.10. The van der Waals surface area contributed by atoms with Gasteiger partial charge in [-0.3, -0.25) is 9.52 Å². The molecule has 0 saturated heterocycles. The van der Waals surface area contributed by atoms with Gasteiger partial charge in [-0.05, 0) is 26.0 Å². The number of para-hydroxylation sites is 1. The minimum Gasteiger partial charge on any atom is -0.481 e. The number of ether oxygens (including phenoxy) is 2. The molecule has 0 radical (unpaired) electrons. The largest absolute Gasteiger partial charge is 1.00 e. The van der Waals surface area contributed by atoms with Crippen molar-refractivity contribution in [2.75, 3.05) is 19.0 Å². The van der Waals surface area contributed by atoms with Crippen molar-refractivity contribution in [2.45, 2.75) is 13.8 Å². The fourth-order valence-corrected chi connectivity index (χ4v) is 2.63. The van der Waals surface area contributed by atoms with Crippen LogP contribution in [0.25, 0.3) is 4.72 Å². The summed E-state index contributed by atoms with van der Waals surface area (Å²) in [6.07, 6.45) is 0. The number of aryl methyl sites for hydroxylation is 1. The molecule has 0 aliphatic rings.